The number of carbonyl (C=O) groups is 3. The number of carbonyl (C=O) groups excluding carboxylic acids is 3. The van der Waals surface area contributed by atoms with Crippen molar-refractivity contribution >= 4 is 40.2 Å². The monoisotopic (exact) mass is 419 g/mol. The molecule has 2 N–H and O–H groups in total. The van der Waals surface area contributed by atoms with Crippen LogP contribution in [-0.4, -0.2) is 36.0 Å². The number of anilines is 2. The number of amides is 3. The molecule has 0 bridgehead atoms. The van der Waals surface area contributed by atoms with E-state index in [0.29, 0.717) is 22.5 Å². The molecule has 3 aromatic rings. The molecule has 7 heteroatoms. The molecule has 0 atom stereocenters. The average molecular weight is 420 g/mol. The summed E-state index contributed by atoms with van der Waals surface area (Å²) >= 11 is 1.12. The van der Waals surface area contributed by atoms with E-state index < -0.39 is 0 Å². The Morgan fingerprint density at radius 3 is 1.63 bits per heavy atom. The zero-order valence-electron chi connectivity index (χ0n) is 16.6. The van der Waals surface area contributed by atoms with Crippen molar-refractivity contribution in [2.75, 3.05) is 24.7 Å². The molecule has 0 aliphatic heterocycles. The van der Waals surface area contributed by atoms with Crippen molar-refractivity contribution in [2.24, 2.45) is 0 Å². The van der Waals surface area contributed by atoms with E-state index in [0.717, 1.165) is 16.7 Å². The Kier molecular flexibility index (Phi) is 6.87. The summed E-state index contributed by atoms with van der Waals surface area (Å²) < 4.78 is 0. The smallest absolute Gasteiger partial charge is 0.285 e. The van der Waals surface area contributed by atoms with Gasteiger partial charge in [-0.3, -0.25) is 14.4 Å². The molecule has 0 saturated carbocycles. The SMILES string of the molecule is CN(C)C(=O)Sc1ccc(NC(=O)c2ccc(NC(=O)c3ccccc3)cc2)cc1. The quantitative estimate of drug-likeness (QED) is 0.573. The van der Waals surface area contributed by atoms with Crippen molar-refractivity contribution in [2.45, 2.75) is 4.90 Å². The van der Waals surface area contributed by atoms with Gasteiger partial charge >= 0.3 is 0 Å². The van der Waals surface area contributed by atoms with Crippen molar-refractivity contribution in [1.29, 1.82) is 0 Å². The molecule has 0 unspecified atom stereocenters. The largest absolute Gasteiger partial charge is 0.339 e. The first-order valence-electron chi connectivity index (χ1n) is 9.19. The van der Waals surface area contributed by atoms with Gasteiger partial charge in [0.1, 0.15) is 0 Å². The molecular weight excluding hydrogens is 398 g/mol. The second-order valence-corrected chi connectivity index (χ2v) is 7.66. The number of benzene rings is 3. The summed E-state index contributed by atoms with van der Waals surface area (Å²) in [5.41, 5.74) is 2.26. The number of hydrogen-bond acceptors (Lipinski definition) is 4. The molecule has 0 heterocycles. The highest BCUT2D eigenvalue weighted by Gasteiger charge is 2.10. The molecule has 0 aliphatic carbocycles. The highest BCUT2D eigenvalue weighted by atomic mass is 32.2. The second-order valence-electron chi connectivity index (χ2n) is 6.64. The van der Waals surface area contributed by atoms with Crippen LogP contribution in [0, 0.1) is 0 Å². The fraction of sp³-hybridized carbons (Fsp3) is 0.0870. The molecule has 3 amide bonds. The highest BCUT2D eigenvalue weighted by molar-refractivity contribution is 8.13. The van der Waals surface area contributed by atoms with Gasteiger partial charge in [-0.05, 0) is 72.4 Å². The summed E-state index contributed by atoms with van der Waals surface area (Å²) in [5, 5.41) is 5.55. The van der Waals surface area contributed by atoms with Gasteiger partial charge in [0.15, 0.2) is 0 Å². The Hall–Kier alpha value is -3.58. The Balaban J connectivity index is 1.58. The number of nitrogens with zero attached hydrogens (tertiary/aromatic N) is 1. The number of thioether (sulfide) groups is 1. The first kappa shape index (κ1) is 21.1. The molecule has 30 heavy (non-hydrogen) atoms. The minimum atomic E-state index is -0.263. The topological polar surface area (TPSA) is 78.5 Å². The van der Waals surface area contributed by atoms with Crippen molar-refractivity contribution < 1.29 is 14.4 Å². The van der Waals surface area contributed by atoms with E-state index in [4.69, 9.17) is 0 Å². The van der Waals surface area contributed by atoms with Crippen LogP contribution >= 0.6 is 11.8 Å². The van der Waals surface area contributed by atoms with Gasteiger partial charge in [0.2, 0.25) is 0 Å². The number of hydrogen-bond donors (Lipinski definition) is 2. The van der Waals surface area contributed by atoms with Crippen LogP contribution < -0.4 is 10.6 Å². The van der Waals surface area contributed by atoms with Gasteiger partial charge in [0.05, 0.1) is 0 Å². The van der Waals surface area contributed by atoms with Crippen LogP contribution in [0.4, 0.5) is 16.2 Å². The Bertz CT molecular complexity index is 1030. The Morgan fingerprint density at radius 1 is 0.667 bits per heavy atom. The van der Waals surface area contributed by atoms with Crippen LogP contribution in [0.2, 0.25) is 0 Å². The molecule has 0 fully saturated rings. The van der Waals surface area contributed by atoms with Gasteiger partial charge < -0.3 is 15.5 Å². The van der Waals surface area contributed by atoms with Crippen LogP contribution in [0.1, 0.15) is 20.7 Å². The molecule has 0 radical (unpaired) electrons. The first-order valence-corrected chi connectivity index (χ1v) is 10.0. The van der Waals surface area contributed by atoms with Crippen LogP contribution in [0.25, 0.3) is 0 Å². The molecule has 0 aromatic heterocycles. The predicted molar refractivity (Wildman–Crippen MR) is 120 cm³/mol. The Labute approximate surface area is 179 Å². The number of rotatable bonds is 5. The molecule has 6 nitrogen and oxygen atoms in total. The molecule has 0 spiro atoms. The van der Waals surface area contributed by atoms with E-state index >= 15 is 0 Å². The van der Waals surface area contributed by atoms with E-state index in [1.165, 1.54) is 4.90 Å². The van der Waals surface area contributed by atoms with Crippen molar-refractivity contribution in [3.8, 4) is 0 Å². The lowest BCUT2D eigenvalue weighted by molar-refractivity contribution is 0.102. The Morgan fingerprint density at radius 2 is 1.13 bits per heavy atom. The predicted octanol–water partition coefficient (Wildman–Crippen LogP) is 4.96. The summed E-state index contributed by atoms with van der Waals surface area (Å²) in [5.74, 6) is -0.473. The van der Waals surface area contributed by atoms with Gasteiger partial charge in [-0.2, -0.15) is 0 Å². The van der Waals surface area contributed by atoms with Crippen LogP contribution in [0.3, 0.4) is 0 Å². The number of nitrogens with one attached hydrogen (secondary N) is 2. The second kappa shape index (κ2) is 9.76. The fourth-order valence-electron chi connectivity index (χ4n) is 2.50. The summed E-state index contributed by atoms with van der Waals surface area (Å²) in [6.07, 6.45) is 0. The third-order valence-electron chi connectivity index (χ3n) is 4.12. The third-order valence-corrected chi connectivity index (χ3v) is 5.17. The normalized spacial score (nSPS) is 10.2. The fourth-order valence-corrected chi connectivity index (χ4v) is 3.16. The maximum atomic E-state index is 12.5. The van der Waals surface area contributed by atoms with E-state index in [1.54, 1.807) is 86.9 Å². The highest BCUT2D eigenvalue weighted by Crippen LogP contribution is 2.23. The first-order chi connectivity index (χ1) is 14.4. The molecule has 3 rings (SSSR count). The summed E-state index contributed by atoms with van der Waals surface area (Å²) in [7, 11) is 3.39. The zero-order chi connectivity index (χ0) is 21.5. The molecular formula is C23H21N3O3S. The van der Waals surface area contributed by atoms with Gasteiger partial charge in [-0.25, -0.2) is 0 Å². The lowest BCUT2D eigenvalue weighted by Gasteiger charge is -2.10. The zero-order valence-corrected chi connectivity index (χ0v) is 17.4. The van der Waals surface area contributed by atoms with Crippen molar-refractivity contribution in [3.63, 3.8) is 0 Å². The van der Waals surface area contributed by atoms with Crippen molar-refractivity contribution in [1.82, 2.24) is 4.90 Å². The third kappa shape index (κ3) is 5.71. The average Bonchev–Trinajstić information content (AvgIpc) is 2.76. The van der Waals surface area contributed by atoms with Crippen LogP contribution in [0.15, 0.2) is 83.8 Å². The van der Waals surface area contributed by atoms with Gasteiger partial charge in [0.25, 0.3) is 17.1 Å². The molecule has 152 valence electrons. The van der Waals surface area contributed by atoms with E-state index in [1.807, 2.05) is 6.07 Å². The minimum absolute atomic E-state index is 0.0637. The van der Waals surface area contributed by atoms with E-state index in [-0.39, 0.29) is 17.1 Å². The van der Waals surface area contributed by atoms with E-state index in [2.05, 4.69) is 10.6 Å². The van der Waals surface area contributed by atoms with Crippen LogP contribution in [-0.2, 0) is 0 Å². The van der Waals surface area contributed by atoms with Crippen molar-refractivity contribution in [3.05, 3.63) is 90.0 Å². The standard InChI is InChI=1S/C23H21N3O3S/c1-26(2)23(29)30-20-14-12-19(13-15-20)25-22(28)17-8-10-18(11-9-17)24-21(27)16-6-4-3-5-7-16/h3-15H,1-2H3,(H,24,27)(H,25,28). The minimum Gasteiger partial charge on any atom is -0.339 e. The van der Waals surface area contributed by atoms with Gasteiger partial charge in [-0.15, -0.1) is 0 Å². The van der Waals surface area contributed by atoms with Gasteiger partial charge in [0, 0.05) is 41.5 Å². The van der Waals surface area contributed by atoms with Gasteiger partial charge in [-0.1, -0.05) is 18.2 Å². The molecule has 3 aromatic carbocycles. The summed E-state index contributed by atoms with van der Waals surface area (Å²) in [6, 6.07) is 22.6. The molecule has 0 aliphatic rings. The van der Waals surface area contributed by atoms with E-state index in [9.17, 15) is 14.4 Å². The molecule has 0 saturated heterocycles. The van der Waals surface area contributed by atoms with Crippen LogP contribution in [0.5, 0.6) is 0 Å². The summed E-state index contributed by atoms with van der Waals surface area (Å²) in [6.45, 7) is 0. The lowest BCUT2D eigenvalue weighted by atomic mass is 10.1. The lowest BCUT2D eigenvalue weighted by Crippen LogP contribution is -2.16. The maximum absolute atomic E-state index is 12.5. The maximum Gasteiger partial charge on any atom is 0.285 e. The summed E-state index contributed by atoms with van der Waals surface area (Å²) in [4.78, 5) is 38.7.